The number of rotatable bonds is 10. The van der Waals surface area contributed by atoms with Crippen molar-refractivity contribution in [1.82, 2.24) is 19.6 Å². The molecule has 0 radical (unpaired) electrons. The van der Waals surface area contributed by atoms with Crippen LogP contribution in [0.1, 0.15) is 25.8 Å². The van der Waals surface area contributed by atoms with Gasteiger partial charge in [-0.25, -0.2) is 0 Å². The van der Waals surface area contributed by atoms with Gasteiger partial charge >= 0.3 is 0 Å². The average molecular weight is 491 g/mol. The quantitative estimate of drug-likeness (QED) is 0.519. The SMILES string of the molecule is CCOc1cc(CN2CC[C@@](O)(CN3CCN(C(C)=O)CC3)C2)ccc1OCCN1CCOCC1. The molecule has 1 atom stereocenters. The van der Waals surface area contributed by atoms with E-state index < -0.39 is 5.60 Å². The molecule has 3 aliphatic heterocycles. The lowest BCUT2D eigenvalue weighted by Gasteiger charge is -2.38. The second kappa shape index (κ2) is 12.4. The number of aliphatic hydroxyl groups is 1. The van der Waals surface area contributed by atoms with Crippen LogP contribution in [0.2, 0.25) is 0 Å². The lowest BCUT2D eigenvalue weighted by Crippen LogP contribution is -2.53. The first-order valence-electron chi connectivity index (χ1n) is 13.1. The lowest BCUT2D eigenvalue weighted by molar-refractivity contribution is -0.130. The predicted molar refractivity (Wildman–Crippen MR) is 134 cm³/mol. The van der Waals surface area contributed by atoms with Crippen LogP contribution >= 0.6 is 0 Å². The minimum atomic E-state index is -0.705. The van der Waals surface area contributed by atoms with Crippen LogP contribution in [0, 0.1) is 0 Å². The molecule has 9 nitrogen and oxygen atoms in total. The largest absolute Gasteiger partial charge is 0.490 e. The molecule has 196 valence electrons. The van der Waals surface area contributed by atoms with E-state index in [1.807, 2.05) is 17.9 Å². The third-order valence-corrected chi connectivity index (χ3v) is 7.23. The van der Waals surface area contributed by atoms with E-state index in [9.17, 15) is 9.90 Å². The van der Waals surface area contributed by atoms with Crippen LogP contribution < -0.4 is 9.47 Å². The summed E-state index contributed by atoms with van der Waals surface area (Å²) in [7, 11) is 0. The Morgan fingerprint density at radius 3 is 2.49 bits per heavy atom. The van der Waals surface area contributed by atoms with Gasteiger partial charge in [0, 0.05) is 78.9 Å². The first kappa shape index (κ1) is 26.2. The van der Waals surface area contributed by atoms with Gasteiger partial charge in [-0.1, -0.05) is 6.07 Å². The molecule has 35 heavy (non-hydrogen) atoms. The maximum atomic E-state index is 11.6. The number of ether oxygens (including phenoxy) is 3. The fraction of sp³-hybridized carbons (Fsp3) is 0.731. The predicted octanol–water partition coefficient (Wildman–Crippen LogP) is 0.897. The molecule has 1 amide bonds. The Labute approximate surface area is 209 Å². The van der Waals surface area contributed by atoms with Gasteiger partial charge in [-0.3, -0.25) is 19.5 Å². The van der Waals surface area contributed by atoms with Gasteiger partial charge in [0.15, 0.2) is 11.5 Å². The summed E-state index contributed by atoms with van der Waals surface area (Å²) in [6.45, 7) is 15.3. The Balaban J connectivity index is 1.26. The number of piperazine rings is 1. The molecule has 3 heterocycles. The summed E-state index contributed by atoms with van der Waals surface area (Å²) in [6.07, 6.45) is 0.765. The molecule has 1 aromatic carbocycles. The van der Waals surface area contributed by atoms with E-state index in [0.717, 1.165) is 95.6 Å². The Hall–Kier alpha value is -1.91. The van der Waals surface area contributed by atoms with Crippen LogP contribution in [0.15, 0.2) is 18.2 Å². The number of likely N-dealkylation sites (tertiary alicyclic amines) is 1. The van der Waals surface area contributed by atoms with Gasteiger partial charge in [0.25, 0.3) is 0 Å². The van der Waals surface area contributed by atoms with Gasteiger partial charge in [0.2, 0.25) is 5.91 Å². The molecule has 1 aromatic rings. The molecule has 0 aromatic heterocycles. The number of hydrogen-bond donors (Lipinski definition) is 1. The summed E-state index contributed by atoms with van der Waals surface area (Å²) < 4.78 is 17.4. The molecule has 0 unspecified atom stereocenters. The van der Waals surface area contributed by atoms with Gasteiger partial charge in [-0.05, 0) is 31.0 Å². The van der Waals surface area contributed by atoms with Crippen LogP contribution in [0.4, 0.5) is 0 Å². The first-order valence-corrected chi connectivity index (χ1v) is 13.1. The summed E-state index contributed by atoms with van der Waals surface area (Å²) in [5.74, 6) is 1.70. The van der Waals surface area contributed by atoms with Crippen molar-refractivity contribution in [3.63, 3.8) is 0 Å². The van der Waals surface area contributed by atoms with Crippen molar-refractivity contribution in [2.24, 2.45) is 0 Å². The van der Waals surface area contributed by atoms with E-state index >= 15 is 0 Å². The molecule has 3 aliphatic rings. The monoisotopic (exact) mass is 490 g/mol. The van der Waals surface area contributed by atoms with Crippen molar-refractivity contribution in [2.75, 3.05) is 91.9 Å². The average Bonchev–Trinajstić information content (AvgIpc) is 3.21. The zero-order valence-corrected chi connectivity index (χ0v) is 21.4. The van der Waals surface area contributed by atoms with E-state index in [0.29, 0.717) is 26.3 Å². The maximum absolute atomic E-state index is 11.6. The number of benzene rings is 1. The molecular weight excluding hydrogens is 448 g/mol. The van der Waals surface area contributed by atoms with Crippen LogP contribution in [0.3, 0.4) is 0 Å². The van der Waals surface area contributed by atoms with E-state index in [1.54, 1.807) is 6.92 Å². The Kier molecular flexibility index (Phi) is 9.24. The zero-order chi connectivity index (χ0) is 24.7. The van der Waals surface area contributed by atoms with Crippen molar-refractivity contribution in [1.29, 1.82) is 0 Å². The van der Waals surface area contributed by atoms with E-state index in [1.165, 1.54) is 0 Å². The van der Waals surface area contributed by atoms with Crippen LogP contribution in [-0.4, -0.2) is 128 Å². The number of β-amino-alcohol motifs (C(OH)–C–C–N with tert-alkyl or cyclic N) is 1. The smallest absolute Gasteiger partial charge is 0.219 e. The van der Waals surface area contributed by atoms with E-state index in [2.05, 4.69) is 26.8 Å². The zero-order valence-electron chi connectivity index (χ0n) is 21.4. The van der Waals surface area contributed by atoms with Crippen molar-refractivity contribution in [3.05, 3.63) is 23.8 Å². The van der Waals surface area contributed by atoms with Crippen LogP contribution in [-0.2, 0) is 16.1 Å². The second-order valence-electron chi connectivity index (χ2n) is 9.98. The van der Waals surface area contributed by atoms with Gasteiger partial charge < -0.3 is 24.2 Å². The van der Waals surface area contributed by atoms with Crippen molar-refractivity contribution < 1.29 is 24.1 Å². The maximum Gasteiger partial charge on any atom is 0.219 e. The highest BCUT2D eigenvalue weighted by molar-refractivity contribution is 5.73. The Morgan fingerprint density at radius 1 is 1.00 bits per heavy atom. The second-order valence-corrected chi connectivity index (χ2v) is 9.98. The summed E-state index contributed by atoms with van der Waals surface area (Å²) >= 11 is 0. The van der Waals surface area contributed by atoms with Crippen molar-refractivity contribution >= 4 is 5.91 Å². The standard InChI is InChI=1S/C26H42N4O5/c1-3-34-25-18-23(4-5-24(25)35-17-14-27-12-15-33-16-13-27)19-29-7-6-26(32,21-29)20-28-8-10-30(11-9-28)22(2)31/h4-5,18,32H,3,6-17,19-21H2,1-2H3/t26-/m1/s1. The molecular formula is C26H42N4O5. The summed E-state index contributed by atoms with van der Waals surface area (Å²) in [5.41, 5.74) is 0.456. The fourth-order valence-corrected chi connectivity index (χ4v) is 5.25. The Morgan fingerprint density at radius 2 is 1.77 bits per heavy atom. The molecule has 0 saturated carbocycles. The topological polar surface area (TPSA) is 78.0 Å². The van der Waals surface area contributed by atoms with Gasteiger partial charge in [0.1, 0.15) is 6.61 Å². The number of carbonyl (C=O) groups excluding carboxylic acids is 1. The summed E-state index contributed by atoms with van der Waals surface area (Å²) in [4.78, 5) is 20.4. The fourth-order valence-electron chi connectivity index (χ4n) is 5.25. The molecule has 3 saturated heterocycles. The molecule has 0 aliphatic carbocycles. The normalized spacial score (nSPS) is 24.6. The number of amides is 1. The summed E-state index contributed by atoms with van der Waals surface area (Å²) in [5, 5.41) is 11.2. The number of hydrogen-bond acceptors (Lipinski definition) is 8. The third-order valence-electron chi connectivity index (χ3n) is 7.23. The molecule has 9 heteroatoms. The molecule has 0 bridgehead atoms. The highest BCUT2D eigenvalue weighted by atomic mass is 16.5. The highest BCUT2D eigenvalue weighted by Crippen LogP contribution is 2.31. The van der Waals surface area contributed by atoms with Gasteiger partial charge in [0.05, 0.1) is 25.4 Å². The highest BCUT2D eigenvalue weighted by Gasteiger charge is 2.38. The van der Waals surface area contributed by atoms with Crippen LogP contribution in [0.25, 0.3) is 0 Å². The molecule has 4 rings (SSSR count). The van der Waals surface area contributed by atoms with Gasteiger partial charge in [-0.2, -0.15) is 0 Å². The summed E-state index contributed by atoms with van der Waals surface area (Å²) in [6, 6.07) is 6.19. The Bertz CT molecular complexity index is 826. The van der Waals surface area contributed by atoms with Crippen molar-refractivity contribution in [3.8, 4) is 11.5 Å². The van der Waals surface area contributed by atoms with E-state index in [-0.39, 0.29) is 5.91 Å². The number of carbonyl (C=O) groups is 1. The minimum absolute atomic E-state index is 0.135. The van der Waals surface area contributed by atoms with Gasteiger partial charge in [-0.15, -0.1) is 0 Å². The van der Waals surface area contributed by atoms with E-state index in [4.69, 9.17) is 14.2 Å². The number of morpholine rings is 1. The third kappa shape index (κ3) is 7.54. The molecule has 1 N–H and O–H groups in total. The molecule has 3 fully saturated rings. The minimum Gasteiger partial charge on any atom is -0.490 e. The number of nitrogens with zero attached hydrogens (tertiary/aromatic N) is 4. The molecule has 0 spiro atoms. The van der Waals surface area contributed by atoms with Crippen LogP contribution in [0.5, 0.6) is 11.5 Å². The first-order chi connectivity index (χ1) is 16.9. The lowest BCUT2D eigenvalue weighted by atomic mass is 10.0. The van der Waals surface area contributed by atoms with Crippen molar-refractivity contribution in [2.45, 2.75) is 32.4 Å².